The highest BCUT2D eigenvalue weighted by Gasteiger charge is 2.30. The van der Waals surface area contributed by atoms with Crippen molar-refractivity contribution in [1.82, 2.24) is 15.5 Å². The van der Waals surface area contributed by atoms with Crippen LogP contribution in [0.3, 0.4) is 0 Å². The van der Waals surface area contributed by atoms with Crippen molar-refractivity contribution in [2.24, 2.45) is 0 Å². The smallest absolute Gasteiger partial charge is 0.242 e. The van der Waals surface area contributed by atoms with Gasteiger partial charge in [-0.2, -0.15) is 0 Å². The van der Waals surface area contributed by atoms with Crippen LogP contribution in [0.4, 0.5) is 5.69 Å². The number of anilines is 1. The van der Waals surface area contributed by atoms with Gasteiger partial charge in [-0.3, -0.25) is 19.3 Å². The lowest BCUT2D eigenvalue weighted by molar-refractivity contribution is -0.122. The van der Waals surface area contributed by atoms with E-state index >= 15 is 0 Å². The highest BCUT2D eigenvalue weighted by Crippen LogP contribution is 2.50. The van der Waals surface area contributed by atoms with E-state index in [1.807, 2.05) is 18.2 Å². The molecule has 0 bridgehead atoms. The van der Waals surface area contributed by atoms with Crippen LogP contribution >= 0.6 is 0 Å². The second-order valence-corrected chi connectivity index (χ2v) is 12.0. The average Bonchev–Trinajstić information content (AvgIpc) is 3.29. The van der Waals surface area contributed by atoms with Gasteiger partial charge in [0.05, 0.1) is 33.1 Å². The minimum Gasteiger partial charge on any atom is -0.493 e. The Morgan fingerprint density at radius 3 is 2.28 bits per heavy atom. The van der Waals surface area contributed by atoms with Crippen molar-refractivity contribution >= 4 is 17.5 Å². The lowest BCUT2D eigenvalue weighted by Crippen LogP contribution is -2.48. The molecule has 10 heteroatoms. The molecule has 10 nitrogen and oxygen atoms in total. The molecule has 0 spiro atoms. The molecule has 0 radical (unpaired) electrons. The van der Waals surface area contributed by atoms with Gasteiger partial charge in [0.1, 0.15) is 6.04 Å². The van der Waals surface area contributed by atoms with Crippen molar-refractivity contribution < 1.29 is 23.8 Å². The zero-order valence-corrected chi connectivity index (χ0v) is 27.3. The highest BCUT2D eigenvalue weighted by atomic mass is 16.5. The molecule has 1 heterocycles. The van der Waals surface area contributed by atoms with E-state index in [-0.39, 0.29) is 29.0 Å². The molecule has 1 fully saturated rings. The number of aryl methyl sites for hydroxylation is 1. The molecular formula is C36H44N4O6. The van der Waals surface area contributed by atoms with E-state index in [2.05, 4.69) is 45.1 Å². The molecule has 2 amide bonds. The van der Waals surface area contributed by atoms with Crippen molar-refractivity contribution in [3.8, 4) is 28.4 Å². The Bertz CT molecular complexity index is 1620. The van der Waals surface area contributed by atoms with E-state index in [4.69, 9.17) is 14.2 Å². The normalized spacial score (nSPS) is 17.0. The fraction of sp³-hybridized carbons (Fsp3) is 0.417. The predicted molar refractivity (Wildman–Crippen MR) is 179 cm³/mol. The predicted octanol–water partition coefficient (Wildman–Crippen LogP) is 4.44. The zero-order valence-electron chi connectivity index (χ0n) is 27.3. The zero-order chi connectivity index (χ0) is 32.8. The van der Waals surface area contributed by atoms with Gasteiger partial charge in [0, 0.05) is 38.2 Å². The first kappa shape index (κ1) is 32.8. The quantitative estimate of drug-likeness (QED) is 0.302. The number of methoxy groups -OCH3 is 3. The lowest BCUT2D eigenvalue weighted by atomic mass is 9.95. The first-order valence-corrected chi connectivity index (χ1v) is 15.8. The van der Waals surface area contributed by atoms with Crippen molar-refractivity contribution in [3.63, 3.8) is 0 Å². The Hall–Kier alpha value is -4.57. The first-order valence-electron chi connectivity index (χ1n) is 15.8. The van der Waals surface area contributed by atoms with E-state index in [1.165, 1.54) is 12.5 Å². The number of likely N-dealkylation sites (tertiary alicyclic amines) is 1. The standard InChI is InChI=1S/C36H44N4O6/c1-22(36(43)39-26-15-17-40(18-16-26)21-24-9-7-6-8-10-24)37-30-14-12-27-28(20-31(30)42)29(38-23(2)41)13-11-25-19-32(44-3)34(45-4)35(46-5)33(25)27/h6-10,12,14,19-20,22,26,29H,11,13,15-18,21H2,1-5H3,(H,37,42)(H,38,41)(H,39,43)/t22-,29-/m1/s1. The number of nitrogens with zero attached hydrogens (tertiary/aromatic N) is 1. The minimum atomic E-state index is -0.644. The number of carbonyl (C=O) groups excluding carboxylic acids is 2. The molecule has 3 N–H and O–H groups in total. The number of ether oxygens (including phenoxy) is 3. The summed E-state index contributed by atoms with van der Waals surface area (Å²) >= 11 is 0. The Morgan fingerprint density at radius 1 is 0.913 bits per heavy atom. The number of rotatable bonds is 10. The average molecular weight is 629 g/mol. The van der Waals surface area contributed by atoms with Crippen LogP contribution in [0.1, 0.15) is 55.8 Å². The van der Waals surface area contributed by atoms with E-state index in [1.54, 1.807) is 40.4 Å². The summed E-state index contributed by atoms with van der Waals surface area (Å²) in [5.41, 5.74) is 4.40. The number of hydrogen-bond acceptors (Lipinski definition) is 8. The molecular weight excluding hydrogens is 584 g/mol. The molecule has 244 valence electrons. The molecule has 0 saturated carbocycles. The van der Waals surface area contributed by atoms with Gasteiger partial charge in [-0.15, -0.1) is 0 Å². The first-order chi connectivity index (χ1) is 22.2. The maximum atomic E-state index is 13.7. The van der Waals surface area contributed by atoms with Crippen LogP contribution in [0.5, 0.6) is 17.2 Å². The van der Waals surface area contributed by atoms with Crippen LogP contribution in [-0.4, -0.2) is 63.2 Å². The number of amides is 2. The van der Waals surface area contributed by atoms with Crippen molar-refractivity contribution in [3.05, 3.63) is 81.5 Å². The van der Waals surface area contributed by atoms with Gasteiger partial charge in [-0.05, 0) is 73.1 Å². The molecule has 1 aliphatic heterocycles. The van der Waals surface area contributed by atoms with E-state index < -0.39 is 12.1 Å². The summed E-state index contributed by atoms with van der Waals surface area (Å²) in [5.74, 6) is 1.10. The topological polar surface area (TPSA) is 118 Å². The number of carbonyl (C=O) groups is 2. The fourth-order valence-corrected chi connectivity index (χ4v) is 6.53. The van der Waals surface area contributed by atoms with Gasteiger partial charge < -0.3 is 30.2 Å². The van der Waals surface area contributed by atoms with Crippen molar-refractivity contribution in [1.29, 1.82) is 0 Å². The molecule has 1 saturated heterocycles. The maximum absolute atomic E-state index is 13.7. The molecule has 0 aromatic heterocycles. The van der Waals surface area contributed by atoms with Gasteiger partial charge in [-0.25, -0.2) is 0 Å². The number of hydrogen-bond donors (Lipinski definition) is 3. The summed E-state index contributed by atoms with van der Waals surface area (Å²) in [6.45, 7) is 5.94. The number of fused-ring (bicyclic) bond motifs is 3. The van der Waals surface area contributed by atoms with Gasteiger partial charge in [-0.1, -0.05) is 36.4 Å². The van der Waals surface area contributed by atoms with E-state index in [0.717, 1.165) is 49.2 Å². The Labute approximate surface area is 270 Å². The number of piperidine rings is 1. The maximum Gasteiger partial charge on any atom is 0.242 e. The largest absolute Gasteiger partial charge is 0.493 e. The highest BCUT2D eigenvalue weighted by molar-refractivity contribution is 5.86. The summed E-state index contributed by atoms with van der Waals surface area (Å²) in [6, 6.07) is 16.4. The third kappa shape index (κ3) is 7.28. The Balaban J connectivity index is 1.37. The molecule has 2 aliphatic rings. The Morgan fingerprint density at radius 2 is 1.63 bits per heavy atom. The molecule has 1 aliphatic carbocycles. The fourth-order valence-electron chi connectivity index (χ4n) is 6.53. The van der Waals surface area contributed by atoms with Gasteiger partial charge in [0.15, 0.2) is 11.5 Å². The SMILES string of the molecule is COc1cc2c(c(OC)c1OC)-c1ccc(N[C@H](C)C(=O)NC3CCN(Cc4ccccc4)CC3)c(=O)cc1[C@H](NC(C)=O)CC2. The van der Waals surface area contributed by atoms with Gasteiger partial charge in [0.25, 0.3) is 0 Å². The van der Waals surface area contributed by atoms with Crippen LogP contribution in [0.15, 0.2) is 59.4 Å². The molecule has 3 aromatic carbocycles. The number of benzene rings is 2. The summed E-state index contributed by atoms with van der Waals surface area (Å²) in [5, 5.41) is 9.34. The molecule has 0 unspecified atom stereocenters. The van der Waals surface area contributed by atoms with Crippen LogP contribution in [0, 0.1) is 0 Å². The van der Waals surface area contributed by atoms with Crippen LogP contribution in [-0.2, 0) is 22.6 Å². The van der Waals surface area contributed by atoms with Crippen LogP contribution < -0.4 is 35.6 Å². The second kappa shape index (κ2) is 14.7. The van der Waals surface area contributed by atoms with E-state index in [0.29, 0.717) is 35.7 Å². The third-order valence-corrected chi connectivity index (χ3v) is 8.86. The second-order valence-electron chi connectivity index (χ2n) is 12.0. The number of nitrogens with one attached hydrogen (secondary N) is 3. The summed E-state index contributed by atoms with van der Waals surface area (Å²) in [4.78, 5) is 41.6. The Kier molecular flexibility index (Phi) is 10.5. The lowest BCUT2D eigenvalue weighted by Gasteiger charge is -2.33. The van der Waals surface area contributed by atoms with Crippen molar-refractivity contribution in [2.45, 2.75) is 64.2 Å². The van der Waals surface area contributed by atoms with Gasteiger partial charge in [0.2, 0.25) is 23.0 Å². The monoisotopic (exact) mass is 628 g/mol. The minimum absolute atomic E-state index is 0.0767. The summed E-state index contributed by atoms with van der Waals surface area (Å²) in [6.07, 6.45) is 2.90. The van der Waals surface area contributed by atoms with Gasteiger partial charge >= 0.3 is 0 Å². The summed E-state index contributed by atoms with van der Waals surface area (Å²) in [7, 11) is 4.69. The molecule has 46 heavy (non-hydrogen) atoms. The van der Waals surface area contributed by atoms with Crippen molar-refractivity contribution in [2.75, 3.05) is 39.7 Å². The molecule has 5 rings (SSSR count). The summed E-state index contributed by atoms with van der Waals surface area (Å²) < 4.78 is 17.1. The third-order valence-electron chi connectivity index (χ3n) is 8.86. The van der Waals surface area contributed by atoms with Crippen LogP contribution in [0.25, 0.3) is 11.1 Å². The van der Waals surface area contributed by atoms with E-state index in [9.17, 15) is 14.4 Å². The molecule has 3 aromatic rings. The molecule has 2 atom stereocenters. The van der Waals surface area contributed by atoms with Crippen LogP contribution in [0.2, 0.25) is 0 Å².